The molecule has 1 N–H and O–H groups in total. The average molecular weight is 237 g/mol. The predicted molar refractivity (Wildman–Crippen MR) is 63.8 cm³/mol. The Kier molecular flexibility index (Phi) is 3.55. The molecule has 17 heavy (non-hydrogen) atoms. The number of nitrogens with zero attached hydrogens (tertiary/aromatic N) is 2. The van der Waals surface area contributed by atoms with E-state index in [-0.39, 0.29) is 10.6 Å². The Morgan fingerprint density at radius 1 is 1.41 bits per heavy atom. The number of hydrogen-bond donors (Lipinski definition) is 1. The van der Waals surface area contributed by atoms with Crippen molar-refractivity contribution in [2.75, 3.05) is 31.7 Å². The van der Waals surface area contributed by atoms with Gasteiger partial charge in [0.15, 0.2) is 0 Å². The van der Waals surface area contributed by atoms with E-state index in [0.717, 1.165) is 18.7 Å². The first kappa shape index (κ1) is 11.8. The van der Waals surface area contributed by atoms with Gasteiger partial charge in [-0.25, -0.2) is 5.01 Å². The molecule has 0 aliphatic carbocycles. The van der Waals surface area contributed by atoms with Gasteiger partial charge in [-0.15, -0.1) is 0 Å². The maximum atomic E-state index is 10.9. The van der Waals surface area contributed by atoms with Crippen molar-refractivity contribution in [1.29, 1.82) is 0 Å². The number of nitro benzene ring substituents is 1. The van der Waals surface area contributed by atoms with Gasteiger partial charge in [0.25, 0.3) is 5.69 Å². The van der Waals surface area contributed by atoms with Gasteiger partial charge in [0, 0.05) is 19.2 Å². The highest BCUT2D eigenvalue weighted by Crippen LogP contribution is 2.28. The molecule has 6 heteroatoms. The molecule has 0 spiro atoms. The molecule has 0 radical (unpaired) electrons. The molecule has 0 aromatic heterocycles. The lowest BCUT2D eigenvalue weighted by Gasteiger charge is -2.28. The summed E-state index contributed by atoms with van der Waals surface area (Å²) in [5, 5.41) is 12.9. The first-order chi connectivity index (χ1) is 8.18. The number of para-hydroxylation sites is 1. The molecular formula is C11H15N3O3. The monoisotopic (exact) mass is 237 g/mol. The molecule has 1 saturated heterocycles. The van der Waals surface area contributed by atoms with Crippen LogP contribution in [0.4, 0.5) is 11.4 Å². The summed E-state index contributed by atoms with van der Waals surface area (Å²) in [5.74, 6) is 0. The molecule has 1 aromatic carbocycles. The summed E-state index contributed by atoms with van der Waals surface area (Å²) in [6.07, 6.45) is 0. The van der Waals surface area contributed by atoms with E-state index >= 15 is 0 Å². The summed E-state index contributed by atoms with van der Waals surface area (Å²) < 4.78 is 5.23. The van der Waals surface area contributed by atoms with E-state index in [4.69, 9.17) is 4.74 Å². The molecule has 1 aliphatic heterocycles. The van der Waals surface area contributed by atoms with Crippen molar-refractivity contribution >= 4 is 11.4 Å². The van der Waals surface area contributed by atoms with Crippen molar-refractivity contribution in [2.24, 2.45) is 0 Å². The fourth-order valence-electron chi connectivity index (χ4n) is 1.78. The van der Waals surface area contributed by atoms with Crippen LogP contribution in [0.2, 0.25) is 0 Å². The summed E-state index contributed by atoms with van der Waals surface area (Å²) >= 11 is 0. The third-order valence-electron chi connectivity index (χ3n) is 2.73. The third-order valence-corrected chi connectivity index (χ3v) is 2.73. The molecule has 0 unspecified atom stereocenters. The van der Waals surface area contributed by atoms with Crippen LogP contribution >= 0.6 is 0 Å². The second kappa shape index (κ2) is 5.11. The largest absolute Gasteiger partial charge is 0.379 e. The number of nitro groups is 1. The highest BCUT2D eigenvalue weighted by Gasteiger charge is 2.18. The van der Waals surface area contributed by atoms with Crippen molar-refractivity contribution in [3.8, 4) is 0 Å². The van der Waals surface area contributed by atoms with E-state index in [0.29, 0.717) is 18.9 Å². The zero-order valence-electron chi connectivity index (χ0n) is 9.68. The molecule has 0 saturated carbocycles. The summed E-state index contributed by atoms with van der Waals surface area (Å²) in [6, 6.07) is 5.06. The number of benzene rings is 1. The standard InChI is InChI=1S/C11H15N3O3/c1-9-3-2-4-10(14(15)16)11(9)12-13-5-7-17-8-6-13/h2-4,12H,5-8H2,1H3. The minimum absolute atomic E-state index is 0.108. The van der Waals surface area contributed by atoms with Crippen LogP contribution in [0.15, 0.2) is 18.2 Å². The quantitative estimate of drug-likeness (QED) is 0.638. The van der Waals surface area contributed by atoms with Gasteiger partial charge in [-0.2, -0.15) is 0 Å². The van der Waals surface area contributed by atoms with Crippen molar-refractivity contribution in [1.82, 2.24) is 5.01 Å². The number of nitrogens with one attached hydrogen (secondary N) is 1. The number of morpholine rings is 1. The Morgan fingerprint density at radius 3 is 2.76 bits per heavy atom. The van der Waals surface area contributed by atoms with E-state index in [1.165, 1.54) is 6.07 Å². The molecule has 1 heterocycles. The van der Waals surface area contributed by atoms with E-state index in [1.807, 2.05) is 18.0 Å². The van der Waals surface area contributed by atoms with E-state index in [9.17, 15) is 10.1 Å². The Labute approximate surface area is 99.3 Å². The van der Waals surface area contributed by atoms with Crippen LogP contribution in [-0.2, 0) is 4.74 Å². The fraction of sp³-hybridized carbons (Fsp3) is 0.455. The Bertz CT molecular complexity index is 416. The van der Waals surface area contributed by atoms with Crippen LogP contribution < -0.4 is 5.43 Å². The summed E-state index contributed by atoms with van der Waals surface area (Å²) in [6.45, 7) is 4.60. The van der Waals surface area contributed by atoms with Gasteiger partial charge < -0.3 is 10.2 Å². The van der Waals surface area contributed by atoms with Crippen molar-refractivity contribution in [3.05, 3.63) is 33.9 Å². The lowest BCUT2D eigenvalue weighted by atomic mass is 10.2. The second-order valence-corrected chi connectivity index (χ2v) is 3.94. The van der Waals surface area contributed by atoms with Gasteiger partial charge in [0.2, 0.25) is 0 Å². The fourth-order valence-corrected chi connectivity index (χ4v) is 1.78. The lowest BCUT2D eigenvalue weighted by molar-refractivity contribution is -0.384. The maximum Gasteiger partial charge on any atom is 0.293 e. The number of rotatable bonds is 3. The second-order valence-electron chi connectivity index (χ2n) is 3.94. The third kappa shape index (κ3) is 2.72. The smallest absolute Gasteiger partial charge is 0.293 e. The molecule has 1 aliphatic rings. The van der Waals surface area contributed by atoms with Crippen LogP contribution in [-0.4, -0.2) is 36.2 Å². The Hall–Kier alpha value is -1.66. The molecule has 0 atom stereocenters. The Morgan fingerprint density at radius 2 is 2.12 bits per heavy atom. The van der Waals surface area contributed by atoms with Crippen LogP contribution in [0.5, 0.6) is 0 Å². The minimum Gasteiger partial charge on any atom is -0.379 e. The Balaban J connectivity index is 2.21. The van der Waals surface area contributed by atoms with Gasteiger partial charge in [-0.05, 0) is 12.5 Å². The molecule has 6 nitrogen and oxygen atoms in total. The molecule has 2 rings (SSSR count). The zero-order valence-corrected chi connectivity index (χ0v) is 9.68. The van der Waals surface area contributed by atoms with Gasteiger partial charge >= 0.3 is 0 Å². The summed E-state index contributed by atoms with van der Waals surface area (Å²) in [7, 11) is 0. The highest BCUT2D eigenvalue weighted by molar-refractivity contribution is 5.65. The minimum atomic E-state index is -0.365. The first-order valence-electron chi connectivity index (χ1n) is 5.52. The van der Waals surface area contributed by atoms with Crippen molar-refractivity contribution in [2.45, 2.75) is 6.92 Å². The molecule has 0 amide bonds. The zero-order chi connectivity index (χ0) is 12.3. The van der Waals surface area contributed by atoms with Crippen LogP contribution in [0.25, 0.3) is 0 Å². The topological polar surface area (TPSA) is 67.6 Å². The summed E-state index contributed by atoms with van der Waals surface area (Å²) in [5.41, 5.74) is 4.65. The summed E-state index contributed by atoms with van der Waals surface area (Å²) in [4.78, 5) is 10.6. The van der Waals surface area contributed by atoms with E-state index in [1.54, 1.807) is 6.07 Å². The van der Waals surface area contributed by atoms with Gasteiger partial charge in [0.1, 0.15) is 5.69 Å². The van der Waals surface area contributed by atoms with Crippen molar-refractivity contribution < 1.29 is 9.66 Å². The molecule has 92 valence electrons. The average Bonchev–Trinajstić information content (AvgIpc) is 2.33. The predicted octanol–water partition coefficient (Wildman–Crippen LogP) is 1.56. The number of anilines is 1. The molecule has 1 aromatic rings. The highest BCUT2D eigenvalue weighted by atomic mass is 16.6. The molecular weight excluding hydrogens is 222 g/mol. The maximum absolute atomic E-state index is 10.9. The number of ether oxygens (including phenoxy) is 1. The van der Waals surface area contributed by atoms with E-state index in [2.05, 4.69) is 5.43 Å². The number of aryl methyl sites for hydroxylation is 1. The SMILES string of the molecule is Cc1cccc([N+](=O)[O-])c1NN1CCOCC1. The van der Waals surface area contributed by atoms with E-state index < -0.39 is 0 Å². The van der Waals surface area contributed by atoms with Crippen molar-refractivity contribution in [3.63, 3.8) is 0 Å². The first-order valence-corrected chi connectivity index (χ1v) is 5.52. The van der Waals surface area contributed by atoms with Crippen LogP contribution in [0.3, 0.4) is 0 Å². The molecule has 1 fully saturated rings. The van der Waals surface area contributed by atoms with Crippen LogP contribution in [0, 0.1) is 17.0 Å². The normalized spacial score (nSPS) is 16.8. The van der Waals surface area contributed by atoms with Gasteiger partial charge in [-0.3, -0.25) is 10.1 Å². The van der Waals surface area contributed by atoms with Gasteiger partial charge in [0.05, 0.1) is 18.1 Å². The van der Waals surface area contributed by atoms with Gasteiger partial charge in [-0.1, -0.05) is 12.1 Å². The van der Waals surface area contributed by atoms with Crippen LogP contribution in [0.1, 0.15) is 5.56 Å². The number of hydrogen-bond acceptors (Lipinski definition) is 5. The lowest BCUT2D eigenvalue weighted by Crippen LogP contribution is -2.40. The number of hydrazine groups is 1. The molecule has 0 bridgehead atoms.